The second kappa shape index (κ2) is 5.98. The van der Waals surface area contributed by atoms with Crippen molar-refractivity contribution in [3.05, 3.63) is 47.5 Å². The van der Waals surface area contributed by atoms with Crippen LogP contribution in [0, 0.1) is 0 Å². The van der Waals surface area contributed by atoms with Gasteiger partial charge in [-0.15, -0.1) is 0 Å². The van der Waals surface area contributed by atoms with Crippen LogP contribution < -0.4 is 5.73 Å². The van der Waals surface area contributed by atoms with Gasteiger partial charge in [0, 0.05) is 19.3 Å². The Kier molecular flexibility index (Phi) is 4.17. The largest absolute Gasteiger partial charge is 0.397 e. The molecule has 0 atom stereocenters. The number of fused-ring (bicyclic) bond motifs is 1. The molecule has 0 bridgehead atoms. The summed E-state index contributed by atoms with van der Waals surface area (Å²) in [7, 11) is -3.37. The van der Waals surface area contributed by atoms with Gasteiger partial charge in [0.2, 0.25) is 0 Å². The lowest BCUT2D eigenvalue weighted by Gasteiger charge is -2.31. The van der Waals surface area contributed by atoms with Gasteiger partial charge in [0.1, 0.15) is 0 Å². The van der Waals surface area contributed by atoms with E-state index in [9.17, 15) is 8.42 Å². The van der Waals surface area contributed by atoms with Gasteiger partial charge in [0.15, 0.2) is 9.84 Å². The number of likely N-dealkylation sites (N-methyl/N-ethyl adjacent to an activating group) is 1. The predicted octanol–water partition coefficient (Wildman–Crippen LogP) is 2.72. The van der Waals surface area contributed by atoms with Gasteiger partial charge in [-0.2, -0.15) is 0 Å². The highest BCUT2D eigenvalue weighted by molar-refractivity contribution is 7.90. The second-order valence-corrected chi connectivity index (χ2v) is 8.03. The van der Waals surface area contributed by atoms with Crippen molar-refractivity contribution in [2.45, 2.75) is 24.8 Å². The van der Waals surface area contributed by atoms with E-state index in [1.807, 2.05) is 30.3 Å². The molecule has 0 saturated carbocycles. The van der Waals surface area contributed by atoms with E-state index in [0.29, 0.717) is 12.2 Å². The van der Waals surface area contributed by atoms with Gasteiger partial charge in [-0.05, 0) is 41.3 Å². The minimum Gasteiger partial charge on any atom is -0.397 e. The molecule has 122 valence electrons. The normalized spacial score (nSPS) is 15.4. The quantitative estimate of drug-likeness (QED) is 0.879. The lowest BCUT2D eigenvalue weighted by Crippen LogP contribution is -2.31. The van der Waals surface area contributed by atoms with E-state index in [4.69, 9.17) is 5.73 Å². The molecule has 0 aromatic heterocycles. The molecule has 0 unspecified atom stereocenters. The lowest BCUT2D eigenvalue weighted by atomic mass is 9.89. The van der Waals surface area contributed by atoms with Gasteiger partial charge in [0.05, 0.1) is 10.6 Å². The van der Waals surface area contributed by atoms with Gasteiger partial charge in [-0.25, -0.2) is 8.42 Å². The van der Waals surface area contributed by atoms with Gasteiger partial charge >= 0.3 is 0 Å². The van der Waals surface area contributed by atoms with E-state index >= 15 is 0 Å². The van der Waals surface area contributed by atoms with Crippen LogP contribution >= 0.6 is 0 Å². The fraction of sp³-hybridized carbons (Fsp3) is 0.333. The van der Waals surface area contributed by atoms with Crippen molar-refractivity contribution in [1.82, 2.24) is 4.90 Å². The number of hydrogen-bond acceptors (Lipinski definition) is 4. The molecule has 1 heterocycles. The molecular weight excluding hydrogens is 308 g/mol. The minimum atomic E-state index is -3.37. The Hall–Kier alpha value is -1.85. The molecular formula is C18H22N2O2S. The van der Waals surface area contributed by atoms with Crippen LogP contribution in [0.4, 0.5) is 5.69 Å². The molecule has 4 nitrogen and oxygen atoms in total. The van der Waals surface area contributed by atoms with Crippen molar-refractivity contribution in [3.8, 4) is 11.1 Å². The van der Waals surface area contributed by atoms with E-state index in [1.54, 1.807) is 6.07 Å². The zero-order valence-corrected chi connectivity index (χ0v) is 14.4. The number of nitrogen functional groups attached to an aromatic ring is 1. The van der Waals surface area contributed by atoms with Crippen LogP contribution in [0.3, 0.4) is 0 Å². The highest BCUT2D eigenvalue weighted by Crippen LogP contribution is 2.37. The van der Waals surface area contributed by atoms with Gasteiger partial charge in [0.25, 0.3) is 0 Å². The first kappa shape index (κ1) is 16.0. The molecule has 0 spiro atoms. The number of nitrogens with two attached hydrogens (primary N) is 1. The molecule has 0 radical (unpaired) electrons. The zero-order valence-electron chi connectivity index (χ0n) is 13.5. The van der Waals surface area contributed by atoms with Crippen LogP contribution in [0.15, 0.2) is 41.3 Å². The Bertz CT molecular complexity index is 830. The van der Waals surface area contributed by atoms with Crippen molar-refractivity contribution < 1.29 is 8.42 Å². The van der Waals surface area contributed by atoms with Crippen molar-refractivity contribution in [2.75, 3.05) is 25.1 Å². The van der Waals surface area contributed by atoms with Crippen LogP contribution in [0.5, 0.6) is 0 Å². The van der Waals surface area contributed by atoms with Crippen LogP contribution in [0.2, 0.25) is 0 Å². The van der Waals surface area contributed by atoms with Crippen LogP contribution in [-0.4, -0.2) is 32.7 Å². The number of anilines is 1. The minimum absolute atomic E-state index is 0.244. The molecule has 5 heteroatoms. The molecule has 0 amide bonds. The third-order valence-electron chi connectivity index (χ3n) is 4.55. The first-order valence-electron chi connectivity index (χ1n) is 7.84. The fourth-order valence-corrected chi connectivity index (χ4v) is 4.12. The van der Waals surface area contributed by atoms with E-state index in [1.165, 1.54) is 11.8 Å². The maximum atomic E-state index is 12.2. The number of benzene rings is 2. The molecule has 23 heavy (non-hydrogen) atoms. The van der Waals surface area contributed by atoms with Crippen molar-refractivity contribution in [2.24, 2.45) is 0 Å². The standard InChI is InChI=1S/C18H22N2O2S/c1-3-20-10-9-14-15(13-7-5-4-6-8-13)11-17(23(2,21)22)18(19)16(14)12-20/h4-8,11H,3,9-10,12,19H2,1-2H3. The van der Waals surface area contributed by atoms with Crippen molar-refractivity contribution in [3.63, 3.8) is 0 Å². The van der Waals surface area contributed by atoms with E-state index in [-0.39, 0.29) is 4.90 Å². The Balaban J connectivity index is 2.28. The topological polar surface area (TPSA) is 63.4 Å². The summed E-state index contributed by atoms with van der Waals surface area (Å²) in [5.41, 5.74) is 10.9. The monoisotopic (exact) mass is 330 g/mol. The Morgan fingerprint density at radius 3 is 2.48 bits per heavy atom. The third-order valence-corrected chi connectivity index (χ3v) is 5.68. The van der Waals surface area contributed by atoms with Crippen molar-refractivity contribution >= 4 is 15.5 Å². The third kappa shape index (κ3) is 2.99. The maximum absolute atomic E-state index is 12.2. The molecule has 0 saturated heterocycles. The van der Waals surface area contributed by atoms with E-state index in [0.717, 1.165) is 36.2 Å². The summed E-state index contributed by atoms with van der Waals surface area (Å²) in [6, 6.07) is 11.7. The van der Waals surface area contributed by atoms with E-state index < -0.39 is 9.84 Å². The SMILES string of the molecule is CCN1CCc2c(-c3ccccc3)cc(S(C)(=O)=O)c(N)c2C1. The molecule has 1 aliphatic heterocycles. The molecule has 2 aromatic carbocycles. The van der Waals surface area contributed by atoms with Gasteiger partial charge < -0.3 is 5.73 Å². The molecule has 0 fully saturated rings. The molecule has 3 rings (SSSR count). The Morgan fingerprint density at radius 2 is 1.87 bits per heavy atom. The fourth-order valence-electron chi connectivity index (χ4n) is 3.26. The Morgan fingerprint density at radius 1 is 1.17 bits per heavy atom. The van der Waals surface area contributed by atoms with Crippen LogP contribution in [0.25, 0.3) is 11.1 Å². The summed E-state index contributed by atoms with van der Waals surface area (Å²) in [5.74, 6) is 0. The molecule has 0 aliphatic carbocycles. The summed E-state index contributed by atoms with van der Waals surface area (Å²) in [5, 5.41) is 0. The smallest absolute Gasteiger partial charge is 0.177 e. The number of hydrogen-bond donors (Lipinski definition) is 1. The molecule has 1 aliphatic rings. The average Bonchev–Trinajstić information content (AvgIpc) is 2.54. The number of rotatable bonds is 3. The summed E-state index contributed by atoms with van der Waals surface area (Å²) in [6.45, 7) is 4.73. The van der Waals surface area contributed by atoms with Gasteiger partial charge in [-0.3, -0.25) is 4.90 Å². The van der Waals surface area contributed by atoms with Crippen molar-refractivity contribution in [1.29, 1.82) is 0 Å². The van der Waals surface area contributed by atoms with E-state index in [2.05, 4.69) is 11.8 Å². The first-order valence-corrected chi connectivity index (χ1v) is 9.73. The van der Waals surface area contributed by atoms with Crippen LogP contribution in [-0.2, 0) is 22.8 Å². The number of sulfone groups is 1. The average molecular weight is 330 g/mol. The highest BCUT2D eigenvalue weighted by atomic mass is 32.2. The summed E-state index contributed by atoms with van der Waals surface area (Å²) in [4.78, 5) is 2.53. The lowest BCUT2D eigenvalue weighted by molar-refractivity contribution is 0.269. The molecule has 2 N–H and O–H groups in total. The summed E-state index contributed by atoms with van der Waals surface area (Å²) in [6.07, 6.45) is 2.11. The molecule has 2 aromatic rings. The first-order chi connectivity index (χ1) is 10.9. The van der Waals surface area contributed by atoms with Crippen LogP contribution in [0.1, 0.15) is 18.1 Å². The highest BCUT2D eigenvalue weighted by Gasteiger charge is 2.26. The zero-order chi connectivity index (χ0) is 16.6. The van der Waals surface area contributed by atoms with Gasteiger partial charge in [-0.1, -0.05) is 37.3 Å². The number of nitrogens with zero attached hydrogens (tertiary/aromatic N) is 1. The second-order valence-electron chi connectivity index (χ2n) is 6.05. The Labute approximate surface area is 137 Å². The summed E-state index contributed by atoms with van der Waals surface area (Å²) >= 11 is 0. The predicted molar refractivity (Wildman–Crippen MR) is 94.1 cm³/mol. The summed E-state index contributed by atoms with van der Waals surface area (Å²) < 4.78 is 24.4. The maximum Gasteiger partial charge on any atom is 0.177 e.